The largest absolute Gasteiger partial charge is 0.334 e. The zero-order chi connectivity index (χ0) is 12.4. The molecule has 0 aliphatic heterocycles. The van der Waals surface area contributed by atoms with E-state index in [2.05, 4.69) is 38.4 Å². The van der Waals surface area contributed by atoms with Crippen LogP contribution in [0.25, 0.3) is 0 Å². The Morgan fingerprint density at radius 3 is 2.50 bits per heavy atom. The molecular formula is C12H25N3O. The predicted molar refractivity (Wildman–Crippen MR) is 65.7 cm³/mol. The average molecular weight is 227 g/mol. The van der Waals surface area contributed by atoms with Gasteiger partial charge in [-0.3, -0.25) is 5.43 Å². The molecule has 1 rings (SSSR count). The maximum Gasteiger partial charge on any atom is 0.329 e. The van der Waals surface area contributed by atoms with Crippen LogP contribution in [0.2, 0.25) is 0 Å². The van der Waals surface area contributed by atoms with Crippen molar-refractivity contribution >= 4 is 6.03 Å². The van der Waals surface area contributed by atoms with Gasteiger partial charge in [0.25, 0.3) is 0 Å². The molecular weight excluding hydrogens is 202 g/mol. The lowest BCUT2D eigenvalue weighted by molar-refractivity contribution is 0.0709. The molecule has 1 aliphatic carbocycles. The minimum atomic E-state index is -0.277. The van der Waals surface area contributed by atoms with E-state index in [4.69, 9.17) is 5.84 Å². The molecule has 0 spiro atoms. The molecule has 94 valence electrons. The minimum Gasteiger partial charge on any atom is -0.334 e. The molecule has 0 heterocycles. The lowest BCUT2D eigenvalue weighted by Gasteiger charge is -2.46. The highest BCUT2D eigenvalue weighted by molar-refractivity contribution is 5.73. The third-order valence-corrected chi connectivity index (χ3v) is 3.76. The van der Waals surface area contributed by atoms with Crippen molar-refractivity contribution in [1.82, 2.24) is 10.7 Å². The van der Waals surface area contributed by atoms with E-state index in [1.165, 1.54) is 6.42 Å². The Labute approximate surface area is 98.3 Å². The van der Waals surface area contributed by atoms with Crippen LogP contribution in [-0.2, 0) is 0 Å². The van der Waals surface area contributed by atoms with Crippen LogP contribution < -0.4 is 16.6 Å². The Balaban J connectivity index is 2.69. The lowest BCUT2D eigenvalue weighted by atomic mass is 9.62. The van der Waals surface area contributed by atoms with Crippen molar-refractivity contribution in [2.24, 2.45) is 16.7 Å². The Kier molecular flexibility index (Phi) is 3.84. The van der Waals surface area contributed by atoms with Gasteiger partial charge in [-0.2, -0.15) is 0 Å². The molecule has 2 unspecified atom stereocenters. The number of hydrogen-bond donors (Lipinski definition) is 3. The quantitative estimate of drug-likeness (QED) is 0.384. The molecule has 0 bridgehead atoms. The number of carbonyl (C=O) groups is 1. The maximum atomic E-state index is 11.2. The Bertz CT molecular complexity index is 265. The first-order valence-electron chi connectivity index (χ1n) is 6.07. The average Bonchev–Trinajstić information content (AvgIpc) is 2.14. The van der Waals surface area contributed by atoms with Gasteiger partial charge in [-0.15, -0.1) is 0 Å². The van der Waals surface area contributed by atoms with Crippen LogP contribution in [0.3, 0.4) is 0 Å². The molecule has 1 saturated carbocycles. The molecule has 4 nitrogen and oxygen atoms in total. The number of carbonyl (C=O) groups excluding carboxylic acids is 1. The summed E-state index contributed by atoms with van der Waals surface area (Å²) < 4.78 is 0. The zero-order valence-corrected chi connectivity index (χ0v) is 10.9. The third kappa shape index (κ3) is 3.37. The van der Waals surface area contributed by atoms with Gasteiger partial charge < -0.3 is 5.32 Å². The summed E-state index contributed by atoms with van der Waals surface area (Å²) in [6.07, 6.45) is 4.44. The van der Waals surface area contributed by atoms with Crippen molar-refractivity contribution < 1.29 is 4.79 Å². The van der Waals surface area contributed by atoms with Crippen molar-refractivity contribution in [3.8, 4) is 0 Å². The van der Waals surface area contributed by atoms with Crippen LogP contribution in [0.1, 0.15) is 53.4 Å². The smallest absolute Gasteiger partial charge is 0.329 e. The highest BCUT2D eigenvalue weighted by Crippen LogP contribution is 2.47. The maximum absolute atomic E-state index is 11.2. The fraction of sp³-hybridized carbons (Fsp3) is 0.917. The molecule has 0 aromatic rings. The highest BCUT2D eigenvalue weighted by atomic mass is 16.2. The fourth-order valence-corrected chi connectivity index (χ4v) is 3.23. The second kappa shape index (κ2) is 4.62. The molecule has 1 fully saturated rings. The van der Waals surface area contributed by atoms with Crippen LogP contribution in [0.5, 0.6) is 0 Å². The van der Waals surface area contributed by atoms with E-state index in [-0.39, 0.29) is 17.5 Å². The standard InChI is InChI=1S/C12H25N3O/c1-5-12(4)7-9(14-10(16)15-13)6-11(2,3)8-12/h9H,5-8,13H2,1-4H3,(H2,14,15,16). The van der Waals surface area contributed by atoms with E-state index in [1.807, 2.05) is 0 Å². The summed E-state index contributed by atoms with van der Waals surface area (Å²) in [5.41, 5.74) is 2.75. The second-order valence-corrected chi connectivity index (χ2v) is 6.23. The first-order valence-corrected chi connectivity index (χ1v) is 6.07. The zero-order valence-electron chi connectivity index (χ0n) is 10.9. The van der Waals surface area contributed by atoms with E-state index >= 15 is 0 Å². The summed E-state index contributed by atoms with van der Waals surface area (Å²) in [6.45, 7) is 9.08. The summed E-state index contributed by atoms with van der Waals surface area (Å²) in [5.74, 6) is 5.09. The number of rotatable bonds is 2. The molecule has 1 aliphatic rings. The first-order chi connectivity index (χ1) is 7.30. The van der Waals surface area contributed by atoms with Gasteiger partial charge in [0.1, 0.15) is 0 Å². The lowest BCUT2D eigenvalue weighted by Crippen LogP contribution is -2.50. The molecule has 4 N–H and O–H groups in total. The monoisotopic (exact) mass is 227 g/mol. The number of urea groups is 1. The number of hydrogen-bond acceptors (Lipinski definition) is 2. The van der Waals surface area contributed by atoms with Crippen LogP contribution in [-0.4, -0.2) is 12.1 Å². The summed E-state index contributed by atoms with van der Waals surface area (Å²) in [6, 6.07) is -0.0431. The number of nitrogens with one attached hydrogen (secondary N) is 2. The van der Waals surface area contributed by atoms with Crippen molar-refractivity contribution in [2.75, 3.05) is 0 Å². The normalized spacial score (nSPS) is 33.2. The SMILES string of the molecule is CCC1(C)CC(NC(=O)NN)CC(C)(C)C1. The van der Waals surface area contributed by atoms with Crippen LogP contribution >= 0.6 is 0 Å². The summed E-state index contributed by atoms with van der Waals surface area (Å²) in [5, 5.41) is 2.94. The Morgan fingerprint density at radius 2 is 2.00 bits per heavy atom. The molecule has 16 heavy (non-hydrogen) atoms. The number of hydrazine groups is 1. The molecule has 0 saturated heterocycles. The minimum absolute atomic E-state index is 0.234. The van der Waals surface area contributed by atoms with Gasteiger partial charge in [-0.25, -0.2) is 10.6 Å². The van der Waals surface area contributed by atoms with Crippen LogP contribution in [0.4, 0.5) is 4.79 Å². The summed E-state index contributed by atoms with van der Waals surface area (Å²) in [7, 11) is 0. The fourth-order valence-electron chi connectivity index (χ4n) is 3.23. The van der Waals surface area contributed by atoms with Gasteiger partial charge in [0, 0.05) is 6.04 Å². The summed E-state index contributed by atoms with van der Waals surface area (Å²) >= 11 is 0. The number of nitrogens with two attached hydrogens (primary N) is 1. The molecule has 0 aromatic heterocycles. The van der Waals surface area contributed by atoms with Crippen molar-refractivity contribution in [3.63, 3.8) is 0 Å². The molecule has 2 atom stereocenters. The molecule has 2 amide bonds. The van der Waals surface area contributed by atoms with Crippen molar-refractivity contribution in [1.29, 1.82) is 0 Å². The highest BCUT2D eigenvalue weighted by Gasteiger charge is 2.40. The topological polar surface area (TPSA) is 67.2 Å². The molecule has 0 radical (unpaired) electrons. The van der Waals surface area contributed by atoms with E-state index < -0.39 is 0 Å². The molecule has 4 heteroatoms. The van der Waals surface area contributed by atoms with E-state index in [0.717, 1.165) is 19.3 Å². The Morgan fingerprint density at radius 1 is 1.38 bits per heavy atom. The van der Waals surface area contributed by atoms with E-state index in [1.54, 1.807) is 0 Å². The third-order valence-electron chi connectivity index (χ3n) is 3.76. The summed E-state index contributed by atoms with van der Waals surface area (Å²) in [4.78, 5) is 11.2. The van der Waals surface area contributed by atoms with Crippen molar-refractivity contribution in [3.05, 3.63) is 0 Å². The van der Waals surface area contributed by atoms with Gasteiger partial charge in [0.2, 0.25) is 0 Å². The van der Waals surface area contributed by atoms with E-state index in [9.17, 15) is 4.79 Å². The van der Waals surface area contributed by atoms with Gasteiger partial charge in [-0.1, -0.05) is 34.1 Å². The number of amides is 2. The van der Waals surface area contributed by atoms with Crippen LogP contribution in [0, 0.1) is 10.8 Å². The molecule has 0 aromatic carbocycles. The van der Waals surface area contributed by atoms with Gasteiger partial charge in [0.05, 0.1) is 0 Å². The first kappa shape index (κ1) is 13.3. The van der Waals surface area contributed by atoms with Crippen molar-refractivity contribution in [2.45, 2.75) is 59.4 Å². The predicted octanol–water partition coefficient (Wildman–Crippen LogP) is 2.15. The van der Waals surface area contributed by atoms with Gasteiger partial charge >= 0.3 is 6.03 Å². The van der Waals surface area contributed by atoms with Gasteiger partial charge in [-0.05, 0) is 30.1 Å². The second-order valence-electron chi connectivity index (χ2n) is 6.23. The Hall–Kier alpha value is -0.770. The van der Waals surface area contributed by atoms with Gasteiger partial charge in [0.15, 0.2) is 0 Å². The van der Waals surface area contributed by atoms with Crippen LogP contribution in [0.15, 0.2) is 0 Å². The van der Waals surface area contributed by atoms with E-state index in [0.29, 0.717) is 5.41 Å².